The van der Waals surface area contributed by atoms with Crippen molar-refractivity contribution in [1.82, 2.24) is 5.32 Å². The molecule has 3 atom stereocenters. The first-order valence-corrected chi connectivity index (χ1v) is 19.2. The van der Waals surface area contributed by atoms with E-state index >= 15 is 0 Å². The van der Waals surface area contributed by atoms with Gasteiger partial charge in [0.1, 0.15) is 23.0 Å². The van der Waals surface area contributed by atoms with Crippen molar-refractivity contribution in [3.8, 4) is 0 Å². The maximum absolute atomic E-state index is 9.63. The van der Waals surface area contributed by atoms with E-state index < -0.39 is 8.32 Å². The van der Waals surface area contributed by atoms with E-state index in [2.05, 4.69) is 80.9 Å². The molecule has 9 heteroatoms. The zero-order chi connectivity index (χ0) is 30.7. The summed E-state index contributed by atoms with van der Waals surface area (Å²) in [6, 6.07) is 24.1. The fourth-order valence-corrected chi connectivity index (χ4v) is 5.45. The number of benzene rings is 2. The van der Waals surface area contributed by atoms with Crippen LogP contribution in [0.1, 0.15) is 65.6 Å². The molecule has 0 spiro atoms. The quantitative estimate of drug-likeness (QED) is 0.113. The molecular formula is C33H42Br2N2O4Si. The number of aliphatic hydroxyl groups excluding tert-OH is 1. The average molecular weight is 719 g/mol. The molecule has 4 aromatic rings. The molecule has 0 unspecified atom stereocenters. The van der Waals surface area contributed by atoms with Gasteiger partial charge in [-0.25, -0.2) is 0 Å². The Hall–Kier alpha value is -2.27. The van der Waals surface area contributed by atoms with Gasteiger partial charge in [0, 0.05) is 0 Å². The maximum atomic E-state index is 9.63. The molecule has 0 aliphatic rings. The van der Waals surface area contributed by atoms with Gasteiger partial charge in [0.2, 0.25) is 0 Å². The molecule has 42 heavy (non-hydrogen) atoms. The number of aliphatic imine (C=N–C) groups is 1. The Labute approximate surface area is 268 Å². The Morgan fingerprint density at radius 1 is 0.881 bits per heavy atom. The number of aryl methyl sites for hydroxylation is 2. The first-order valence-electron chi connectivity index (χ1n) is 14.2. The minimum absolute atomic E-state index is 0.0166. The summed E-state index contributed by atoms with van der Waals surface area (Å²) in [7, 11) is -1.57. The van der Waals surface area contributed by atoms with Crippen LogP contribution in [-0.4, -0.2) is 32.9 Å². The topological polar surface area (TPSA) is 80.1 Å². The molecule has 6 nitrogen and oxygen atoms in total. The van der Waals surface area contributed by atoms with Crippen LogP contribution in [0, 0.1) is 13.8 Å². The minimum atomic E-state index is -1.57. The first kappa shape index (κ1) is 34.2. The number of furan rings is 2. The molecule has 0 fully saturated rings. The first-order chi connectivity index (χ1) is 20.0. The van der Waals surface area contributed by atoms with Gasteiger partial charge >= 0.3 is 0 Å². The van der Waals surface area contributed by atoms with Gasteiger partial charge in [-0.2, -0.15) is 0 Å². The van der Waals surface area contributed by atoms with E-state index in [1.807, 2.05) is 74.5 Å². The molecule has 4 rings (SSSR count). The monoisotopic (exact) mass is 716 g/mol. The summed E-state index contributed by atoms with van der Waals surface area (Å²) in [6.45, 7) is 13.2. The van der Waals surface area contributed by atoms with Gasteiger partial charge in [-0.05, 0) is 95.0 Å². The molecule has 0 saturated heterocycles. The summed E-state index contributed by atoms with van der Waals surface area (Å²) in [5.41, 5.74) is 2.23. The number of rotatable bonds is 12. The van der Waals surface area contributed by atoms with Crippen molar-refractivity contribution in [3.63, 3.8) is 0 Å². The Balaban J connectivity index is 0.000000231. The van der Waals surface area contributed by atoms with Crippen LogP contribution in [0.15, 0.2) is 95.6 Å². The zero-order valence-electron chi connectivity index (χ0n) is 25.2. The van der Waals surface area contributed by atoms with Gasteiger partial charge < -0.3 is 18.4 Å². The van der Waals surface area contributed by atoms with E-state index in [9.17, 15) is 5.11 Å². The Kier molecular flexibility index (Phi) is 13.5. The normalized spacial score (nSPS) is 13.9. The molecule has 2 N–H and O–H groups in total. The van der Waals surface area contributed by atoms with Crippen molar-refractivity contribution in [2.75, 3.05) is 13.2 Å². The van der Waals surface area contributed by atoms with Crippen molar-refractivity contribution in [3.05, 3.63) is 116 Å². The van der Waals surface area contributed by atoms with Crippen molar-refractivity contribution < 1.29 is 18.4 Å². The predicted octanol–water partition coefficient (Wildman–Crippen LogP) is 9.49. The highest BCUT2D eigenvalue weighted by molar-refractivity contribution is 9.10. The zero-order valence-corrected chi connectivity index (χ0v) is 29.4. The standard InChI is InChI=1S/C17H22BrNO2Si.C16H20BrNO2/c1-13-16(18)10-15(21-13)11-19-17(12-20-22(2,3)4)14-8-6-5-7-9-14;1-3-14(16-9-13(17)11(2)20-16)18-15(10-19)12-7-5-4-6-8-12/h5-11,17H,12H2,1-4H3;4-9,14-15,18-19H,3,10H2,1-2H3/t17-;14-,15+/m01/s1. The molecule has 0 radical (unpaired) electrons. The lowest BCUT2D eigenvalue weighted by atomic mass is 10.0. The average Bonchev–Trinajstić information content (AvgIpc) is 3.48. The van der Waals surface area contributed by atoms with Crippen LogP contribution in [0.2, 0.25) is 19.6 Å². The number of aliphatic hydroxyl groups is 1. The number of nitrogens with zero attached hydrogens (tertiary/aromatic N) is 1. The number of nitrogens with one attached hydrogen (secondary N) is 1. The Morgan fingerprint density at radius 3 is 1.93 bits per heavy atom. The van der Waals surface area contributed by atoms with Gasteiger partial charge in [0.05, 0.1) is 46.5 Å². The SMILES string of the molecule is CC[C@@H](N[C@@H](CO)c1ccccc1)c1cc(Br)c(C)o1.Cc1oc(C=N[C@@H](CO[Si](C)(C)C)c2ccccc2)cc1Br. The number of hydrogen-bond acceptors (Lipinski definition) is 6. The summed E-state index contributed by atoms with van der Waals surface area (Å²) < 4.78 is 19.4. The Bertz CT molecular complexity index is 1350. The van der Waals surface area contributed by atoms with E-state index in [1.54, 1.807) is 6.21 Å². The van der Waals surface area contributed by atoms with Crippen LogP contribution in [0.4, 0.5) is 0 Å². The second kappa shape index (κ2) is 16.5. The summed E-state index contributed by atoms with van der Waals surface area (Å²) in [5.74, 6) is 3.38. The largest absolute Gasteiger partial charge is 0.463 e. The molecule has 0 bridgehead atoms. The molecule has 0 aliphatic heterocycles. The van der Waals surface area contributed by atoms with Crippen molar-refractivity contribution in [1.29, 1.82) is 0 Å². The van der Waals surface area contributed by atoms with Gasteiger partial charge in [0.15, 0.2) is 8.32 Å². The molecule has 226 valence electrons. The molecule has 0 aliphatic carbocycles. The van der Waals surface area contributed by atoms with E-state index in [4.69, 9.17) is 13.3 Å². The molecule has 2 aromatic heterocycles. The molecular weight excluding hydrogens is 676 g/mol. The van der Waals surface area contributed by atoms with E-state index in [1.165, 1.54) is 0 Å². The predicted molar refractivity (Wildman–Crippen MR) is 181 cm³/mol. The minimum Gasteiger partial charge on any atom is -0.463 e. The van der Waals surface area contributed by atoms with Gasteiger partial charge in [-0.15, -0.1) is 0 Å². The maximum Gasteiger partial charge on any atom is 0.183 e. The fourth-order valence-electron chi connectivity index (χ4n) is 4.17. The summed E-state index contributed by atoms with van der Waals surface area (Å²) >= 11 is 6.92. The lowest BCUT2D eigenvalue weighted by Crippen LogP contribution is -2.28. The summed E-state index contributed by atoms with van der Waals surface area (Å²) in [4.78, 5) is 4.68. The smallest absolute Gasteiger partial charge is 0.183 e. The van der Waals surface area contributed by atoms with Crippen LogP contribution in [0.25, 0.3) is 0 Å². The third-order valence-electron chi connectivity index (χ3n) is 6.53. The van der Waals surface area contributed by atoms with Crippen LogP contribution in [0.5, 0.6) is 0 Å². The molecule has 2 heterocycles. The number of halogens is 2. The van der Waals surface area contributed by atoms with Crippen molar-refractivity contribution in [2.45, 2.75) is 65.0 Å². The van der Waals surface area contributed by atoms with Crippen molar-refractivity contribution >= 4 is 46.4 Å². The highest BCUT2D eigenvalue weighted by atomic mass is 79.9. The fraction of sp³-hybridized carbons (Fsp3) is 0.364. The molecule has 0 amide bonds. The highest BCUT2D eigenvalue weighted by Gasteiger charge is 2.20. The van der Waals surface area contributed by atoms with E-state index in [0.29, 0.717) is 6.61 Å². The second-order valence-corrected chi connectivity index (χ2v) is 17.2. The lowest BCUT2D eigenvalue weighted by molar-refractivity contribution is 0.225. The van der Waals surface area contributed by atoms with Gasteiger partial charge in [0.25, 0.3) is 0 Å². The lowest BCUT2D eigenvalue weighted by Gasteiger charge is -2.22. The van der Waals surface area contributed by atoms with E-state index in [0.717, 1.165) is 49.5 Å². The van der Waals surface area contributed by atoms with Gasteiger partial charge in [-0.3, -0.25) is 10.3 Å². The third kappa shape index (κ3) is 10.8. The number of hydrogen-bond donors (Lipinski definition) is 2. The Morgan fingerprint density at radius 2 is 1.45 bits per heavy atom. The highest BCUT2D eigenvalue weighted by Crippen LogP contribution is 2.29. The molecule has 2 aromatic carbocycles. The van der Waals surface area contributed by atoms with E-state index in [-0.39, 0.29) is 24.7 Å². The van der Waals surface area contributed by atoms with Crippen LogP contribution in [0.3, 0.4) is 0 Å². The molecule has 0 saturated carbocycles. The van der Waals surface area contributed by atoms with Crippen LogP contribution in [-0.2, 0) is 4.43 Å². The summed E-state index contributed by atoms with van der Waals surface area (Å²) in [6.07, 6.45) is 2.67. The van der Waals surface area contributed by atoms with Crippen LogP contribution < -0.4 is 5.32 Å². The second-order valence-electron chi connectivity index (χ2n) is 11.0. The van der Waals surface area contributed by atoms with Gasteiger partial charge in [-0.1, -0.05) is 67.6 Å². The summed E-state index contributed by atoms with van der Waals surface area (Å²) in [5, 5.41) is 13.1. The third-order valence-corrected chi connectivity index (χ3v) is 9.14. The van der Waals surface area contributed by atoms with Crippen molar-refractivity contribution in [2.24, 2.45) is 4.99 Å². The van der Waals surface area contributed by atoms with Crippen LogP contribution >= 0.6 is 31.9 Å².